The number of esters is 1. The van der Waals surface area contributed by atoms with Gasteiger partial charge in [-0.2, -0.15) is 0 Å². The summed E-state index contributed by atoms with van der Waals surface area (Å²) in [6.45, 7) is 11.3. The molecule has 0 saturated carbocycles. The maximum absolute atomic E-state index is 13.8. The molecule has 13 heteroatoms. The van der Waals surface area contributed by atoms with Crippen LogP contribution >= 0.6 is 0 Å². The van der Waals surface area contributed by atoms with Gasteiger partial charge in [-0.15, -0.1) is 0 Å². The number of amides is 1. The summed E-state index contributed by atoms with van der Waals surface area (Å²) < 4.78 is 59.4. The van der Waals surface area contributed by atoms with Crippen molar-refractivity contribution >= 4 is 33.1 Å². The van der Waals surface area contributed by atoms with Gasteiger partial charge >= 0.3 is 5.97 Å². The number of alkyl halides is 2. The third-order valence-corrected chi connectivity index (χ3v) is 11.1. The SMILES string of the molecule is CC/N=C1/C(C(=O)N2CCC(F)(F)C2)=CC=C/C1=C(/C)NC(C)(C)CN1CCC(S(=O)(=O)C2=C(C)N=C(CC(=O)OC)C2)CC1. The van der Waals surface area contributed by atoms with E-state index in [2.05, 4.69) is 34.0 Å². The van der Waals surface area contributed by atoms with Crippen LogP contribution in [0.1, 0.15) is 66.7 Å². The average molecular weight is 650 g/mol. The monoisotopic (exact) mass is 649 g/mol. The van der Waals surface area contributed by atoms with Crippen molar-refractivity contribution in [1.82, 2.24) is 15.1 Å². The Morgan fingerprint density at radius 1 is 1.22 bits per heavy atom. The number of piperidine rings is 1. The molecule has 2 saturated heterocycles. The Bertz CT molecular complexity index is 1500. The first kappa shape index (κ1) is 34.7. The molecule has 0 spiro atoms. The summed E-state index contributed by atoms with van der Waals surface area (Å²) in [6, 6.07) is 0. The van der Waals surface area contributed by atoms with E-state index in [0.29, 0.717) is 66.6 Å². The highest BCUT2D eigenvalue weighted by molar-refractivity contribution is 7.95. The van der Waals surface area contributed by atoms with Crippen LogP contribution in [0.25, 0.3) is 0 Å². The number of rotatable bonds is 10. The number of ether oxygens (including phenoxy) is 1. The lowest BCUT2D eigenvalue weighted by Crippen LogP contribution is -2.51. The number of sulfone groups is 1. The van der Waals surface area contributed by atoms with Crippen molar-refractivity contribution in [3.05, 3.63) is 45.7 Å². The molecule has 1 amide bonds. The number of methoxy groups -OCH3 is 1. The molecule has 0 unspecified atom stereocenters. The van der Waals surface area contributed by atoms with E-state index in [0.717, 1.165) is 11.3 Å². The first-order chi connectivity index (χ1) is 21.1. The van der Waals surface area contributed by atoms with Crippen molar-refractivity contribution in [2.75, 3.05) is 46.4 Å². The van der Waals surface area contributed by atoms with E-state index >= 15 is 0 Å². The largest absolute Gasteiger partial charge is 0.469 e. The van der Waals surface area contributed by atoms with Crippen LogP contribution in [0.4, 0.5) is 8.78 Å². The third-order valence-electron chi connectivity index (χ3n) is 8.58. The fraction of sp³-hybridized carbons (Fsp3) is 0.625. The summed E-state index contributed by atoms with van der Waals surface area (Å²) in [4.78, 5) is 37.6. The molecule has 0 atom stereocenters. The van der Waals surface area contributed by atoms with E-state index in [1.54, 1.807) is 19.1 Å². The van der Waals surface area contributed by atoms with Gasteiger partial charge in [-0.3, -0.25) is 19.6 Å². The Hall–Kier alpha value is -3.19. The highest BCUT2D eigenvalue weighted by Gasteiger charge is 2.42. The Morgan fingerprint density at radius 2 is 1.91 bits per heavy atom. The Labute approximate surface area is 265 Å². The normalized spacial score (nSPS) is 23.4. The molecule has 10 nitrogen and oxygen atoms in total. The summed E-state index contributed by atoms with van der Waals surface area (Å²) in [6.07, 6.45) is 6.04. The van der Waals surface area contributed by atoms with Gasteiger partial charge in [0.1, 0.15) is 0 Å². The maximum atomic E-state index is 13.8. The topological polar surface area (TPSA) is 121 Å². The van der Waals surface area contributed by atoms with Gasteiger partial charge in [0, 0.05) is 55.0 Å². The molecular formula is C32H45F2N5O5S. The minimum atomic E-state index is -3.56. The summed E-state index contributed by atoms with van der Waals surface area (Å²) in [5.74, 6) is -3.76. The number of hydrogen-bond donors (Lipinski definition) is 1. The van der Waals surface area contributed by atoms with Crippen LogP contribution in [0.15, 0.2) is 55.7 Å². The second-order valence-electron chi connectivity index (χ2n) is 12.8. The molecule has 3 aliphatic heterocycles. The lowest BCUT2D eigenvalue weighted by molar-refractivity contribution is -0.139. The minimum absolute atomic E-state index is 0.00894. The third kappa shape index (κ3) is 8.16. The van der Waals surface area contributed by atoms with Gasteiger partial charge in [0.15, 0.2) is 9.84 Å². The first-order valence-electron chi connectivity index (χ1n) is 15.5. The van der Waals surface area contributed by atoms with Crippen molar-refractivity contribution in [1.29, 1.82) is 0 Å². The van der Waals surface area contributed by atoms with Crippen molar-refractivity contribution in [3.8, 4) is 0 Å². The van der Waals surface area contributed by atoms with Crippen LogP contribution in [-0.2, 0) is 24.2 Å². The van der Waals surface area contributed by atoms with Crippen molar-refractivity contribution in [3.63, 3.8) is 0 Å². The number of hydrogen-bond acceptors (Lipinski definition) is 9. The van der Waals surface area contributed by atoms with Crippen LogP contribution in [0.3, 0.4) is 0 Å². The molecule has 0 aromatic heterocycles. The van der Waals surface area contributed by atoms with E-state index < -0.39 is 45.0 Å². The zero-order valence-electron chi connectivity index (χ0n) is 27.1. The number of aliphatic imine (C=N–C) groups is 2. The Balaban J connectivity index is 1.38. The number of carbonyl (C=O) groups excluding carboxylic acids is 2. The lowest BCUT2D eigenvalue weighted by Gasteiger charge is -2.38. The van der Waals surface area contributed by atoms with Gasteiger partial charge in [0.05, 0.1) is 47.2 Å². The second-order valence-corrected chi connectivity index (χ2v) is 15.0. The summed E-state index contributed by atoms with van der Waals surface area (Å²) in [7, 11) is -2.26. The fourth-order valence-corrected chi connectivity index (χ4v) is 8.54. The van der Waals surface area contributed by atoms with Gasteiger partial charge < -0.3 is 19.9 Å². The van der Waals surface area contributed by atoms with Gasteiger partial charge in [-0.1, -0.05) is 12.2 Å². The van der Waals surface area contributed by atoms with Gasteiger partial charge in [-0.25, -0.2) is 17.2 Å². The van der Waals surface area contributed by atoms with Crippen molar-refractivity contribution < 1.29 is 31.5 Å². The number of likely N-dealkylation sites (tertiary alicyclic amines) is 2. The minimum Gasteiger partial charge on any atom is -0.469 e. The molecular weight excluding hydrogens is 604 g/mol. The molecule has 0 bridgehead atoms. The lowest BCUT2D eigenvalue weighted by atomic mass is 9.93. The molecule has 4 rings (SSSR count). The van der Waals surface area contributed by atoms with E-state index in [-0.39, 0.29) is 25.8 Å². The zero-order chi connectivity index (χ0) is 33.2. The van der Waals surface area contributed by atoms with Crippen molar-refractivity contribution in [2.45, 2.75) is 83.4 Å². The molecule has 2 fully saturated rings. The molecule has 0 aromatic rings. The average Bonchev–Trinajstić information content (AvgIpc) is 3.53. The second kappa shape index (κ2) is 13.7. The molecule has 45 heavy (non-hydrogen) atoms. The Kier molecular flexibility index (Phi) is 10.5. The number of nitrogens with zero attached hydrogens (tertiary/aromatic N) is 4. The molecule has 1 N–H and O–H groups in total. The molecule has 3 heterocycles. The van der Waals surface area contributed by atoms with Crippen LogP contribution < -0.4 is 5.32 Å². The molecule has 0 radical (unpaired) electrons. The predicted octanol–water partition coefficient (Wildman–Crippen LogP) is 3.97. The highest BCUT2D eigenvalue weighted by Crippen LogP contribution is 2.33. The van der Waals surface area contributed by atoms with E-state index in [1.807, 2.05) is 19.9 Å². The molecule has 0 aromatic carbocycles. The highest BCUT2D eigenvalue weighted by atomic mass is 32.2. The number of carbonyl (C=O) groups is 2. The molecule has 4 aliphatic rings. The van der Waals surface area contributed by atoms with Gasteiger partial charge in [0.25, 0.3) is 11.8 Å². The zero-order valence-corrected chi connectivity index (χ0v) is 27.9. The van der Waals surface area contributed by atoms with Crippen LogP contribution in [0.2, 0.25) is 0 Å². The first-order valence-corrected chi connectivity index (χ1v) is 17.0. The summed E-state index contributed by atoms with van der Waals surface area (Å²) >= 11 is 0. The van der Waals surface area contributed by atoms with Gasteiger partial charge in [-0.05, 0) is 66.6 Å². The van der Waals surface area contributed by atoms with Gasteiger partial charge in [0.2, 0.25) is 0 Å². The quantitative estimate of drug-likeness (QED) is 0.356. The van der Waals surface area contributed by atoms with E-state index in [9.17, 15) is 26.8 Å². The predicted molar refractivity (Wildman–Crippen MR) is 171 cm³/mol. The number of nitrogens with one attached hydrogen (secondary N) is 1. The summed E-state index contributed by atoms with van der Waals surface area (Å²) in [5, 5.41) is 3.07. The maximum Gasteiger partial charge on any atom is 0.311 e. The van der Waals surface area contributed by atoms with Crippen LogP contribution in [-0.4, -0.2) is 105 Å². The number of halogens is 2. The van der Waals surface area contributed by atoms with Crippen LogP contribution in [0, 0.1) is 0 Å². The Morgan fingerprint density at radius 3 is 2.51 bits per heavy atom. The molecule has 248 valence electrons. The van der Waals surface area contributed by atoms with Crippen molar-refractivity contribution in [2.24, 2.45) is 9.98 Å². The van der Waals surface area contributed by atoms with E-state index in [4.69, 9.17) is 4.74 Å². The standard InChI is InChI=1S/C32H45F2N5O5S/c1-7-35-29-25(9-8-10-26(29)30(41)39-16-13-32(33,34)20-39)21(2)37-31(4,5)19-38-14-11-24(12-15-38)45(42,43)27-17-23(36-22(27)3)18-28(40)44-6/h8-10,24,37H,7,11-20H2,1-6H3/b25-21+,35-29+. The number of allylic oxidation sites excluding steroid dienone is 7. The van der Waals surface area contributed by atoms with E-state index in [1.165, 1.54) is 12.0 Å². The fourth-order valence-electron chi connectivity index (χ4n) is 6.48. The van der Waals surface area contributed by atoms with Crippen LogP contribution in [0.5, 0.6) is 0 Å². The molecule has 1 aliphatic carbocycles. The summed E-state index contributed by atoms with van der Waals surface area (Å²) in [5.41, 5.74) is 2.88. The smallest absolute Gasteiger partial charge is 0.311 e.